The van der Waals surface area contributed by atoms with E-state index in [9.17, 15) is 4.79 Å². The highest BCUT2D eigenvalue weighted by molar-refractivity contribution is 6.30. The van der Waals surface area contributed by atoms with Crippen molar-refractivity contribution < 1.29 is 4.79 Å². The fourth-order valence-corrected chi connectivity index (χ4v) is 3.02. The number of imidazole rings is 1. The predicted octanol–water partition coefficient (Wildman–Crippen LogP) is 4.33. The second kappa shape index (κ2) is 7.05. The first-order valence-electron chi connectivity index (χ1n) is 8.05. The molecule has 1 heterocycles. The van der Waals surface area contributed by atoms with Crippen LogP contribution in [0.5, 0.6) is 0 Å². The van der Waals surface area contributed by atoms with Crippen LogP contribution in [0.1, 0.15) is 37.7 Å². The molecule has 0 spiro atoms. The van der Waals surface area contributed by atoms with Crippen molar-refractivity contribution in [3.63, 3.8) is 0 Å². The third-order valence-electron chi connectivity index (χ3n) is 4.04. The van der Waals surface area contributed by atoms with Crippen molar-refractivity contribution >= 4 is 28.5 Å². The molecule has 0 saturated heterocycles. The minimum Gasteiger partial charge on any atom is -0.346 e. The second-order valence-electron chi connectivity index (χ2n) is 5.83. The Morgan fingerprint density at radius 1 is 1.21 bits per heavy atom. The number of nitrogens with one attached hydrogen (secondary N) is 1. The molecule has 3 rings (SSSR count). The minimum atomic E-state index is -0.109. The molecule has 0 bridgehead atoms. The highest BCUT2D eigenvalue weighted by atomic mass is 35.5. The monoisotopic (exact) mass is 341 g/mol. The van der Waals surface area contributed by atoms with Crippen LogP contribution in [0.15, 0.2) is 48.5 Å². The van der Waals surface area contributed by atoms with Crippen molar-refractivity contribution in [1.82, 2.24) is 14.9 Å². The van der Waals surface area contributed by atoms with Gasteiger partial charge in [0.25, 0.3) is 0 Å². The number of aromatic nitrogens is 2. The Balaban J connectivity index is 2.07. The smallest absolute Gasteiger partial charge is 0.217 e. The van der Waals surface area contributed by atoms with Crippen molar-refractivity contribution in [1.29, 1.82) is 0 Å². The Morgan fingerprint density at radius 3 is 2.58 bits per heavy atom. The molecule has 4 nitrogen and oxygen atoms in total. The molecule has 24 heavy (non-hydrogen) atoms. The summed E-state index contributed by atoms with van der Waals surface area (Å²) < 4.78 is 2.17. The van der Waals surface area contributed by atoms with Gasteiger partial charge in [-0.25, -0.2) is 4.98 Å². The number of amides is 1. The van der Waals surface area contributed by atoms with E-state index in [1.54, 1.807) is 0 Å². The standard InChI is InChI=1S/C19H20ClN3O/c1-3-16(21-13(2)24)19-22-17-6-4-5-7-18(17)23(19)12-14-8-10-15(20)11-9-14/h4-11,16H,3,12H2,1-2H3,(H,21,24)/t16-/m0/s1. The summed E-state index contributed by atoms with van der Waals surface area (Å²) >= 11 is 5.98. The molecule has 0 fully saturated rings. The average Bonchev–Trinajstić information content (AvgIpc) is 2.93. The van der Waals surface area contributed by atoms with Crippen molar-refractivity contribution in [2.45, 2.75) is 32.9 Å². The second-order valence-corrected chi connectivity index (χ2v) is 6.27. The number of hydrogen-bond donors (Lipinski definition) is 1. The maximum absolute atomic E-state index is 11.5. The van der Waals surface area contributed by atoms with Crippen LogP contribution in [-0.4, -0.2) is 15.5 Å². The largest absolute Gasteiger partial charge is 0.346 e. The summed E-state index contributed by atoms with van der Waals surface area (Å²) in [5.74, 6) is 0.829. The summed E-state index contributed by atoms with van der Waals surface area (Å²) in [7, 11) is 0. The molecule has 1 atom stereocenters. The number of carbonyl (C=O) groups excluding carboxylic acids is 1. The number of fused-ring (bicyclic) bond motifs is 1. The van der Waals surface area contributed by atoms with Gasteiger partial charge in [0.1, 0.15) is 5.82 Å². The van der Waals surface area contributed by atoms with E-state index < -0.39 is 0 Å². The van der Waals surface area contributed by atoms with Crippen molar-refractivity contribution in [2.75, 3.05) is 0 Å². The van der Waals surface area contributed by atoms with Gasteiger partial charge < -0.3 is 9.88 Å². The molecule has 1 amide bonds. The van der Waals surface area contributed by atoms with Crippen molar-refractivity contribution in [3.8, 4) is 0 Å². The SMILES string of the molecule is CC[C@H](NC(C)=O)c1nc2ccccc2n1Cc1ccc(Cl)cc1. The quantitative estimate of drug-likeness (QED) is 0.751. The van der Waals surface area contributed by atoms with E-state index in [0.29, 0.717) is 6.54 Å². The molecule has 0 aliphatic rings. The molecule has 2 aromatic carbocycles. The van der Waals surface area contributed by atoms with Gasteiger partial charge in [-0.1, -0.05) is 42.8 Å². The first-order chi connectivity index (χ1) is 11.6. The van der Waals surface area contributed by atoms with E-state index in [1.165, 1.54) is 6.92 Å². The lowest BCUT2D eigenvalue weighted by molar-refractivity contribution is -0.119. The maximum Gasteiger partial charge on any atom is 0.217 e. The summed E-state index contributed by atoms with van der Waals surface area (Å²) in [5, 5.41) is 3.72. The minimum absolute atomic E-state index is 0.0491. The van der Waals surface area contributed by atoms with Gasteiger partial charge in [-0.05, 0) is 36.2 Å². The van der Waals surface area contributed by atoms with Gasteiger partial charge in [-0.15, -0.1) is 0 Å². The van der Waals surface area contributed by atoms with Gasteiger partial charge in [-0.3, -0.25) is 4.79 Å². The van der Waals surface area contributed by atoms with Crippen LogP contribution in [0.4, 0.5) is 0 Å². The van der Waals surface area contributed by atoms with Crippen LogP contribution >= 0.6 is 11.6 Å². The zero-order valence-corrected chi connectivity index (χ0v) is 14.5. The molecule has 5 heteroatoms. The highest BCUT2D eigenvalue weighted by Crippen LogP contribution is 2.24. The number of nitrogens with zero attached hydrogens (tertiary/aromatic N) is 2. The number of para-hydroxylation sites is 2. The van der Waals surface area contributed by atoms with E-state index in [-0.39, 0.29) is 11.9 Å². The van der Waals surface area contributed by atoms with Crippen LogP contribution < -0.4 is 5.32 Å². The Morgan fingerprint density at radius 2 is 1.92 bits per heavy atom. The first-order valence-corrected chi connectivity index (χ1v) is 8.43. The van der Waals surface area contributed by atoms with Gasteiger partial charge in [0.15, 0.2) is 0 Å². The molecule has 0 aliphatic carbocycles. The fraction of sp³-hybridized carbons (Fsp3) is 0.263. The van der Waals surface area contributed by atoms with Crippen LogP contribution in [-0.2, 0) is 11.3 Å². The normalized spacial score (nSPS) is 12.3. The predicted molar refractivity (Wildman–Crippen MR) is 97.1 cm³/mol. The number of benzene rings is 2. The highest BCUT2D eigenvalue weighted by Gasteiger charge is 2.19. The Bertz CT molecular complexity index is 855. The lowest BCUT2D eigenvalue weighted by Gasteiger charge is -2.18. The zero-order valence-electron chi connectivity index (χ0n) is 13.8. The average molecular weight is 342 g/mol. The molecule has 0 radical (unpaired) electrons. The number of hydrogen-bond acceptors (Lipinski definition) is 2. The van der Waals surface area contributed by atoms with Gasteiger partial charge >= 0.3 is 0 Å². The molecule has 124 valence electrons. The summed E-state index contributed by atoms with van der Waals surface area (Å²) in [4.78, 5) is 16.3. The summed E-state index contributed by atoms with van der Waals surface area (Å²) in [6.45, 7) is 4.27. The molecule has 1 N–H and O–H groups in total. The molecule has 0 saturated carbocycles. The third kappa shape index (κ3) is 3.44. The zero-order chi connectivity index (χ0) is 17.1. The van der Waals surface area contributed by atoms with E-state index >= 15 is 0 Å². The molecular weight excluding hydrogens is 322 g/mol. The van der Waals surface area contributed by atoms with Crippen LogP contribution in [0.3, 0.4) is 0 Å². The molecule has 3 aromatic rings. The lowest BCUT2D eigenvalue weighted by Crippen LogP contribution is -2.28. The number of halogens is 1. The summed E-state index contributed by atoms with van der Waals surface area (Å²) in [5.41, 5.74) is 3.14. The summed E-state index contributed by atoms with van der Waals surface area (Å²) in [6, 6.07) is 15.7. The number of carbonyl (C=O) groups is 1. The van der Waals surface area contributed by atoms with Crippen LogP contribution in [0.25, 0.3) is 11.0 Å². The van der Waals surface area contributed by atoms with Crippen molar-refractivity contribution in [3.05, 3.63) is 64.9 Å². The molecule has 0 aliphatic heterocycles. The topological polar surface area (TPSA) is 46.9 Å². The third-order valence-corrected chi connectivity index (χ3v) is 4.29. The Kier molecular flexibility index (Phi) is 4.86. The first kappa shape index (κ1) is 16.5. The van der Waals surface area contributed by atoms with Crippen LogP contribution in [0.2, 0.25) is 5.02 Å². The Labute approximate surface area is 146 Å². The Hall–Kier alpha value is -2.33. The van der Waals surface area contributed by atoms with Crippen LogP contribution in [0, 0.1) is 0 Å². The molecular formula is C19H20ClN3O. The number of rotatable bonds is 5. The van der Waals surface area contributed by atoms with Crippen molar-refractivity contribution in [2.24, 2.45) is 0 Å². The van der Waals surface area contributed by atoms with E-state index in [2.05, 4.69) is 16.0 Å². The van der Waals surface area contributed by atoms with E-state index in [4.69, 9.17) is 16.6 Å². The fourth-order valence-electron chi connectivity index (χ4n) is 2.89. The molecule has 1 aromatic heterocycles. The summed E-state index contributed by atoms with van der Waals surface area (Å²) in [6.07, 6.45) is 0.781. The maximum atomic E-state index is 11.5. The van der Waals surface area contributed by atoms with Gasteiger partial charge in [0, 0.05) is 18.5 Å². The van der Waals surface area contributed by atoms with Gasteiger partial charge in [-0.2, -0.15) is 0 Å². The van der Waals surface area contributed by atoms with E-state index in [1.807, 2.05) is 49.4 Å². The van der Waals surface area contributed by atoms with Gasteiger partial charge in [0.05, 0.1) is 17.1 Å². The lowest BCUT2D eigenvalue weighted by atomic mass is 10.2. The molecule has 0 unspecified atom stereocenters. The van der Waals surface area contributed by atoms with Gasteiger partial charge in [0.2, 0.25) is 5.91 Å². The van der Waals surface area contributed by atoms with E-state index in [0.717, 1.165) is 33.9 Å².